The lowest BCUT2D eigenvalue weighted by molar-refractivity contribution is 0.101. The summed E-state index contributed by atoms with van der Waals surface area (Å²) in [6, 6.07) is 15.7. The van der Waals surface area contributed by atoms with Gasteiger partial charge < -0.3 is 14.6 Å². The van der Waals surface area contributed by atoms with E-state index in [-0.39, 0.29) is 5.91 Å². The normalized spacial score (nSPS) is 10.8. The van der Waals surface area contributed by atoms with Crippen molar-refractivity contribution in [1.82, 2.24) is 4.57 Å². The summed E-state index contributed by atoms with van der Waals surface area (Å²) in [5.41, 5.74) is 3.49. The highest BCUT2D eigenvalue weighted by molar-refractivity contribution is 6.08. The zero-order valence-electron chi connectivity index (χ0n) is 15.0. The molecule has 0 aliphatic rings. The number of hydrogen-bond donors (Lipinski definition) is 1. The predicted octanol–water partition coefficient (Wildman–Crippen LogP) is 5.01. The van der Waals surface area contributed by atoms with Crippen molar-refractivity contribution in [2.75, 3.05) is 11.9 Å². The van der Waals surface area contributed by atoms with Crippen molar-refractivity contribution in [1.29, 1.82) is 0 Å². The van der Waals surface area contributed by atoms with Crippen LogP contribution in [0, 0.1) is 6.92 Å². The Morgan fingerprint density at radius 2 is 1.80 bits per heavy atom. The van der Waals surface area contributed by atoms with Crippen molar-refractivity contribution in [3.63, 3.8) is 0 Å². The highest BCUT2D eigenvalue weighted by Gasteiger charge is 2.20. The zero-order chi connectivity index (χ0) is 17.8. The number of aryl methyl sites for hydroxylation is 2. The summed E-state index contributed by atoms with van der Waals surface area (Å²) in [4.78, 5) is 13.0. The first-order valence-electron chi connectivity index (χ1n) is 8.78. The van der Waals surface area contributed by atoms with Gasteiger partial charge in [0.1, 0.15) is 11.4 Å². The molecule has 0 atom stereocenters. The van der Waals surface area contributed by atoms with Crippen molar-refractivity contribution >= 4 is 22.5 Å². The fraction of sp³-hybridized carbons (Fsp3) is 0.286. The molecule has 1 N–H and O–H groups in total. The lowest BCUT2D eigenvalue weighted by Crippen LogP contribution is -2.18. The van der Waals surface area contributed by atoms with E-state index in [2.05, 4.69) is 35.9 Å². The van der Waals surface area contributed by atoms with Crippen LogP contribution in [-0.2, 0) is 6.54 Å². The summed E-state index contributed by atoms with van der Waals surface area (Å²) in [5, 5.41) is 4.14. The molecule has 1 amide bonds. The molecule has 25 heavy (non-hydrogen) atoms. The number of carbonyl (C=O) groups excluding carboxylic acids is 1. The van der Waals surface area contributed by atoms with Gasteiger partial charge in [-0.05, 0) is 44.0 Å². The van der Waals surface area contributed by atoms with Gasteiger partial charge in [0, 0.05) is 17.4 Å². The third-order valence-corrected chi connectivity index (χ3v) is 4.35. The number of anilines is 1. The number of hydrogen-bond acceptors (Lipinski definition) is 2. The molecular formula is C21H24N2O2. The van der Waals surface area contributed by atoms with Gasteiger partial charge in [-0.3, -0.25) is 4.79 Å². The lowest BCUT2D eigenvalue weighted by atomic mass is 10.1. The minimum atomic E-state index is -0.108. The molecule has 1 aromatic heterocycles. The number of fused-ring (bicyclic) bond motifs is 1. The second kappa shape index (κ2) is 7.43. The Balaban J connectivity index is 1.98. The number of rotatable bonds is 6. The number of amides is 1. The van der Waals surface area contributed by atoms with Gasteiger partial charge in [-0.15, -0.1) is 0 Å². The van der Waals surface area contributed by atoms with Gasteiger partial charge in [0.2, 0.25) is 0 Å². The Labute approximate surface area is 148 Å². The molecule has 3 aromatic rings. The molecule has 0 spiro atoms. The fourth-order valence-corrected chi connectivity index (χ4v) is 3.19. The molecule has 0 radical (unpaired) electrons. The van der Waals surface area contributed by atoms with Gasteiger partial charge in [-0.1, -0.05) is 37.3 Å². The maximum Gasteiger partial charge on any atom is 0.272 e. The molecule has 4 heteroatoms. The number of nitrogens with one attached hydrogen (secondary N) is 1. The second-order valence-electron chi connectivity index (χ2n) is 6.03. The highest BCUT2D eigenvalue weighted by atomic mass is 16.5. The van der Waals surface area contributed by atoms with E-state index in [9.17, 15) is 4.79 Å². The van der Waals surface area contributed by atoms with E-state index in [4.69, 9.17) is 4.74 Å². The molecule has 0 bridgehead atoms. The van der Waals surface area contributed by atoms with Gasteiger partial charge in [-0.25, -0.2) is 0 Å². The average Bonchev–Trinajstić information content (AvgIpc) is 2.93. The zero-order valence-corrected chi connectivity index (χ0v) is 15.0. The Morgan fingerprint density at radius 1 is 1.08 bits per heavy atom. The number of carbonyl (C=O) groups is 1. The molecule has 3 rings (SSSR count). The van der Waals surface area contributed by atoms with Crippen molar-refractivity contribution in [3.8, 4) is 5.75 Å². The van der Waals surface area contributed by atoms with Gasteiger partial charge in [0.25, 0.3) is 5.91 Å². The standard InChI is InChI=1S/C21H24N2O2/c1-4-14-25-19-13-9-7-11-17(19)22-21(24)20-15(3)16-10-6-8-12-18(16)23(20)5-2/h6-13H,4-5,14H2,1-3H3,(H,22,24). The molecule has 0 aliphatic heterocycles. The molecule has 4 nitrogen and oxygen atoms in total. The summed E-state index contributed by atoms with van der Waals surface area (Å²) in [6.07, 6.45) is 0.922. The minimum absolute atomic E-state index is 0.108. The second-order valence-corrected chi connectivity index (χ2v) is 6.03. The van der Waals surface area contributed by atoms with Crippen LogP contribution in [0.25, 0.3) is 10.9 Å². The molecule has 0 fully saturated rings. The molecular weight excluding hydrogens is 312 g/mol. The predicted molar refractivity (Wildman–Crippen MR) is 103 cm³/mol. The molecule has 1 heterocycles. The monoisotopic (exact) mass is 336 g/mol. The Hall–Kier alpha value is -2.75. The fourth-order valence-electron chi connectivity index (χ4n) is 3.19. The van der Waals surface area contributed by atoms with E-state index in [1.165, 1.54) is 0 Å². The van der Waals surface area contributed by atoms with Crippen LogP contribution in [0.4, 0.5) is 5.69 Å². The van der Waals surface area contributed by atoms with Gasteiger partial charge in [0.05, 0.1) is 12.3 Å². The Morgan fingerprint density at radius 3 is 2.56 bits per heavy atom. The van der Waals surface area contributed by atoms with Crippen molar-refractivity contribution in [3.05, 3.63) is 59.8 Å². The van der Waals surface area contributed by atoms with Crippen molar-refractivity contribution in [2.45, 2.75) is 33.7 Å². The quantitative estimate of drug-likeness (QED) is 0.687. The van der Waals surface area contributed by atoms with E-state index >= 15 is 0 Å². The van der Waals surface area contributed by atoms with E-state index < -0.39 is 0 Å². The first kappa shape index (κ1) is 17.1. The van der Waals surface area contributed by atoms with E-state index in [0.717, 1.165) is 29.4 Å². The number of nitrogens with zero attached hydrogens (tertiary/aromatic N) is 1. The topological polar surface area (TPSA) is 43.3 Å². The van der Waals surface area contributed by atoms with Gasteiger partial charge in [-0.2, -0.15) is 0 Å². The first-order valence-corrected chi connectivity index (χ1v) is 8.78. The van der Waals surface area contributed by atoms with Crippen LogP contribution in [0.15, 0.2) is 48.5 Å². The van der Waals surface area contributed by atoms with Crippen LogP contribution in [0.5, 0.6) is 5.75 Å². The first-order chi connectivity index (χ1) is 12.2. The summed E-state index contributed by atoms with van der Waals surface area (Å²) in [5.74, 6) is 0.595. The van der Waals surface area contributed by atoms with Gasteiger partial charge >= 0.3 is 0 Å². The van der Waals surface area contributed by atoms with Crippen LogP contribution in [0.3, 0.4) is 0 Å². The lowest BCUT2D eigenvalue weighted by Gasteiger charge is -2.13. The summed E-state index contributed by atoms with van der Waals surface area (Å²) in [6.45, 7) is 7.49. The molecule has 0 saturated heterocycles. The number of para-hydroxylation sites is 3. The Bertz CT molecular complexity index is 896. The number of benzene rings is 2. The van der Waals surface area contributed by atoms with Crippen LogP contribution >= 0.6 is 0 Å². The third-order valence-electron chi connectivity index (χ3n) is 4.35. The van der Waals surface area contributed by atoms with Crippen molar-refractivity contribution < 1.29 is 9.53 Å². The summed E-state index contributed by atoms with van der Waals surface area (Å²) < 4.78 is 7.81. The molecule has 130 valence electrons. The minimum Gasteiger partial charge on any atom is -0.491 e. The molecule has 0 saturated carbocycles. The maximum atomic E-state index is 13.0. The van der Waals surface area contributed by atoms with Crippen LogP contribution in [-0.4, -0.2) is 17.1 Å². The average molecular weight is 336 g/mol. The van der Waals surface area contributed by atoms with Crippen LogP contribution in [0.2, 0.25) is 0 Å². The molecule has 0 aliphatic carbocycles. The van der Waals surface area contributed by atoms with Crippen molar-refractivity contribution in [2.24, 2.45) is 0 Å². The van der Waals surface area contributed by atoms with E-state index in [0.29, 0.717) is 23.7 Å². The summed E-state index contributed by atoms with van der Waals surface area (Å²) in [7, 11) is 0. The molecule has 0 unspecified atom stereocenters. The number of aromatic nitrogens is 1. The highest BCUT2D eigenvalue weighted by Crippen LogP contribution is 2.28. The van der Waals surface area contributed by atoms with E-state index in [1.807, 2.05) is 43.3 Å². The number of ether oxygens (including phenoxy) is 1. The molecule has 2 aromatic carbocycles. The summed E-state index contributed by atoms with van der Waals surface area (Å²) >= 11 is 0. The Kier molecular flexibility index (Phi) is 5.08. The third kappa shape index (κ3) is 3.25. The largest absolute Gasteiger partial charge is 0.491 e. The van der Waals surface area contributed by atoms with Crippen LogP contribution in [0.1, 0.15) is 36.3 Å². The van der Waals surface area contributed by atoms with Gasteiger partial charge in [0.15, 0.2) is 0 Å². The van der Waals surface area contributed by atoms with Crippen LogP contribution < -0.4 is 10.1 Å². The van der Waals surface area contributed by atoms with E-state index in [1.54, 1.807) is 0 Å². The SMILES string of the molecule is CCCOc1ccccc1NC(=O)c1c(C)c2ccccc2n1CC. The maximum absolute atomic E-state index is 13.0. The smallest absolute Gasteiger partial charge is 0.272 e.